The van der Waals surface area contributed by atoms with Crippen LogP contribution >= 0.6 is 11.3 Å². The summed E-state index contributed by atoms with van der Waals surface area (Å²) < 4.78 is 5.07. The fourth-order valence-electron chi connectivity index (χ4n) is 3.27. The summed E-state index contributed by atoms with van der Waals surface area (Å²) in [6.45, 7) is 1.02. The van der Waals surface area contributed by atoms with Crippen LogP contribution < -0.4 is 5.32 Å². The number of carbonyl (C=O) groups is 3. The molecule has 3 aromatic rings. The van der Waals surface area contributed by atoms with Gasteiger partial charge in [0.1, 0.15) is 0 Å². The van der Waals surface area contributed by atoms with Gasteiger partial charge in [-0.3, -0.25) is 19.5 Å². The van der Waals surface area contributed by atoms with Crippen LogP contribution in [-0.4, -0.2) is 52.6 Å². The molecule has 0 aliphatic carbocycles. The van der Waals surface area contributed by atoms with Gasteiger partial charge in [-0.25, -0.2) is 0 Å². The Bertz CT molecular complexity index is 1060. The van der Waals surface area contributed by atoms with Crippen molar-refractivity contribution >= 4 is 40.0 Å². The van der Waals surface area contributed by atoms with Crippen LogP contribution in [0.3, 0.4) is 0 Å². The van der Waals surface area contributed by atoms with Gasteiger partial charge < -0.3 is 15.0 Å². The first-order chi connectivity index (χ1) is 14.1. The standard InChI is InChI=1S/C20H20N4O4S/c25-17(24-9-6-16-13(11-24)7-10-29-16)12-28-18(26)5-8-21-20(27)19-14-3-1-2-4-15(14)22-23-19/h1-4,7,10H,5-6,8-9,11-12H2,(H,21,27)(H,22,23). The number of aromatic amines is 1. The molecule has 9 heteroatoms. The van der Waals surface area contributed by atoms with Gasteiger partial charge in [-0.05, 0) is 29.5 Å². The van der Waals surface area contributed by atoms with Crippen LogP contribution in [0.25, 0.3) is 10.9 Å². The van der Waals surface area contributed by atoms with Crippen LogP contribution in [0.2, 0.25) is 0 Å². The number of nitrogens with zero attached hydrogens (tertiary/aromatic N) is 2. The summed E-state index contributed by atoms with van der Waals surface area (Å²) >= 11 is 1.70. The fourth-order valence-corrected chi connectivity index (χ4v) is 4.16. The number of para-hydroxylation sites is 1. The normalized spacial score (nSPS) is 13.2. The molecule has 8 nitrogen and oxygen atoms in total. The molecule has 0 saturated carbocycles. The first-order valence-corrected chi connectivity index (χ1v) is 10.2. The zero-order valence-corrected chi connectivity index (χ0v) is 16.5. The van der Waals surface area contributed by atoms with E-state index in [4.69, 9.17) is 4.74 Å². The maximum Gasteiger partial charge on any atom is 0.308 e. The molecule has 0 radical (unpaired) electrons. The van der Waals surface area contributed by atoms with E-state index in [1.165, 1.54) is 4.88 Å². The minimum Gasteiger partial charge on any atom is -0.456 e. The zero-order valence-electron chi connectivity index (χ0n) is 15.6. The molecule has 29 heavy (non-hydrogen) atoms. The second-order valence-electron chi connectivity index (χ2n) is 6.72. The predicted molar refractivity (Wildman–Crippen MR) is 107 cm³/mol. The van der Waals surface area contributed by atoms with Crippen LogP contribution in [0.1, 0.15) is 27.3 Å². The number of esters is 1. The van der Waals surface area contributed by atoms with Crippen molar-refractivity contribution in [1.29, 1.82) is 0 Å². The second kappa shape index (κ2) is 8.44. The summed E-state index contributed by atoms with van der Waals surface area (Å²) in [5.41, 5.74) is 2.21. The molecule has 0 unspecified atom stereocenters. The molecule has 150 valence electrons. The third kappa shape index (κ3) is 4.29. The number of benzene rings is 1. The van der Waals surface area contributed by atoms with Crippen molar-refractivity contribution in [3.8, 4) is 0 Å². The number of rotatable bonds is 6. The van der Waals surface area contributed by atoms with E-state index in [-0.39, 0.29) is 37.1 Å². The van der Waals surface area contributed by atoms with Gasteiger partial charge in [0.2, 0.25) is 0 Å². The minimum absolute atomic E-state index is 0.0178. The van der Waals surface area contributed by atoms with Gasteiger partial charge in [0.05, 0.1) is 11.9 Å². The first-order valence-electron chi connectivity index (χ1n) is 9.32. The van der Waals surface area contributed by atoms with Crippen LogP contribution in [-0.2, 0) is 27.3 Å². The largest absolute Gasteiger partial charge is 0.456 e. The van der Waals surface area contributed by atoms with E-state index < -0.39 is 5.97 Å². The Labute approximate surface area is 170 Å². The summed E-state index contributed by atoms with van der Waals surface area (Å²) in [6.07, 6.45) is 0.816. The summed E-state index contributed by atoms with van der Waals surface area (Å²) in [7, 11) is 0. The molecule has 0 fully saturated rings. The third-order valence-corrected chi connectivity index (χ3v) is 5.84. The molecule has 1 aliphatic rings. The average molecular weight is 412 g/mol. The number of H-pyrrole nitrogens is 1. The van der Waals surface area contributed by atoms with E-state index in [1.54, 1.807) is 22.3 Å². The first kappa shape index (κ1) is 19.1. The number of thiophene rings is 1. The molecule has 0 spiro atoms. The highest BCUT2D eigenvalue weighted by Crippen LogP contribution is 2.24. The fraction of sp³-hybridized carbons (Fsp3) is 0.300. The van der Waals surface area contributed by atoms with Crippen molar-refractivity contribution in [3.63, 3.8) is 0 Å². The van der Waals surface area contributed by atoms with Crippen molar-refractivity contribution in [2.75, 3.05) is 19.7 Å². The lowest BCUT2D eigenvalue weighted by atomic mass is 10.1. The van der Waals surface area contributed by atoms with E-state index >= 15 is 0 Å². The van der Waals surface area contributed by atoms with Crippen molar-refractivity contribution in [3.05, 3.63) is 51.8 Å². The van der Waals surface area contributed by atoms with Gasteiger partial charge in [-0.2, -0.15) is 5.10 Å². The van der Waals surface area contributed by atoms with Gasteiger partial charge in [-0.1, -0.05) is 18.2 Å². The van der Waals surface area contributed by atoms with Crippen LogP contribution in [0, 0.1) is 0 Å². The maximum atomic E-state index is 12.3. The molecule has 3 heterocycles. The van der Waals surface area contributed by atoms with Crippen LogP contribution in [0.5, 0.6) is 0 Å². The SMILES string of the molecule is O=C(CCNC(=O)c1n[nH]c2ccccc12)OCC(=O)N1CCc2sccc2C1. The lowest BCUT2D eigenvalue weighted by Crippen LogP contribution is -2.38. The van der Waals surface area contributed by atoms with Crippen LogP contribution in [0.4, 0.5) is 0 Å². The van der Waals surface area contributed by atoms with Gasteiger partial charge in [0, 0.05) is 29.9 Å². The van der Waals surface area contributed by atoms with Gasteiger partial charge >= 0.3 is 5.97 Å². The molecule has 2 amide bonds. The van der Waals surface area contributed by atoms with E-state index in [1.807, 2.05) is 29.6 Å². The summed E-state index contributed by atoms with van der Waals surface area (Å²) in [5, 5.41) is 12.2. The van der Waals surface area contributed by atoms with Crippen molar-refractivity contribution < 1.29 is 19.1 Å². The molecule has 0 saturated heterocycles. The Kier molecular flexibility index (Phi) is 5.57. The van der Waals surface area contributed by atoms with Crippen LogP contribution in [0.15, 0.2) is 35.7 Å². The molecule has 2 aromatic heterocycles. The van der Waals surface area contributed by atoms with E-state index in [0.717, 1.165) is 17.5 Å². The number of ether oxygens (including phenoxy) is 1. The maximum absolute atomic E-state index is 12.3. The Balaban J connectivity index is 1.19. The van der Waals surface area contributed by atoms with Crippen molar-refractivity contribution in [2.24, 2.45) is 0 Å². The number of carbonyl (C=O) groups excluding carboxylic acids is 3. The van der Waals surface area contributed by atoms with Gasteiger partial charge in [0.25, 0.3) is 11.8 Å². The summed E-state index contributed by atoms with van der Waals surface area (Å²) in [4.78, 5) is 39.4. The van der Waals surface area contributed by atoms with Crippen molar-refractivity contribution in [2.45, 2.75) is 19.4 Å². The monoisotopic (exact) mass is 412 g/mol. The molecule has 0 atom stereocenters. The molecule has 1 aromatic carbocycles. The molecular formula is C20H20N4O4S. The highest BCUT2D eigenvalue weighted by Gasteiger charge is 2.22. The average Bonchev–Trinajstić information content (AvgIpc) is 3.38. The number of fused-ring (bicyclic) bond motifs is 2. The number of nitrogens with one attached hydrogen (secondary N) is 2. The number of amides is 2. The zero-order chi connectivity index (χ0) is 20.2. The summed E-state index contributed by atoms with van der Waals surface area (Å²) in [6, 6.07) is 9.33. The molecular weight excluding hydrogens is 392 g/mol. The lowest BCUT2D eigenvalue weighted by molar-refractivity contribution is -0.152. The Morgan fingerprint density at radius 3 is 3.00 bits per heavy atom. The number of aromatic nitrogens is 2. The van der Waals surface area contributed by atoms with E-state index in [9.17, 15) is 14.4 Å². The second-order valence-corrected chi connectivity index (χ2v) is 7.72. The highest BCUT2D eigenvalue weighted by atomic mass is 32.1. The topological polar surface area (TPSA) is 104 Å². The Morgan fingerprint density at radius 2 is 2.10 bits per heavy atom. The third-order valence-electron chi connectivity index (χ3n) is 4.82. The Hall–Kier alpha value is -3.20. The lowest BCUT2D eigenvalue weighted by Gasteiger charge is -2.26. The summed E-state index contributed by atoms with van der Waals surface area (Å²) in [5.74, 6) is -1.10. The molecule has 2 N–H and O–H groups in total. The molecule has 4 rings (SSSR count). The number of hydrogen-bond donors (Lipinski definition) is 2. The van der Waals surface area contributed by atoms with Gasteiger partial charge in [-0.15, -0.1) is 11.3 Å². The highest BCUT2D eigenvalue weighted by molar-refractivity contribution is 7.10. The van der Waals surface area contributed by atoms with E-state index in [2.05, 4.69) is 15.5 Å². The predicted octanol–water partition coefficient (Wildman–Crippen LogP) is 1.87. The number of hydrogen-bond acceptors (Lipinski definition) is 6. The van der Waals surface area contributed by atoms with Crippen molar-refractivity contribution in [1.82, 2.24) is 20.4 Å². The van der Waals surface area contributed by atoms with Gasteiger partial charge in [0.15, 0.2) is 12.3 Å². The quantitative estimate of drug-likeness (QED) is 0.602. The molecule has 0 bridgehead atoms. The van der Waals surface area contributed by atoms with E-state index in [0.29, 0.717) is 18.5 Å². The molecule has 1 aliphatic heterocycles. The minimum atomic E-state index is -0.529. The smallest absolute Gasteiger partial charge is 0.308 e. The Morgan fingerprint density at radius 1 is 1.24 bits per heavy atom.